The monoisotopic (exact) mass is 410 g/mol. The average molecular weight is 410 g/mol. The molecule has 0 atom stereocenters. The van der Waals surface area contributed by atoms with Crippen LogP contribution in [0.1, 0.15) is 20.9 Å². The quantitative estimate of drug-likeness (QED) is 0.320. The maximum absolute atomic E-state index is 13.4. The lowest BCUT2D eigenvalue weighted by molar-refractivity contribution is 0.104. The second-order valence-electron chi connectivity index (χ2n) is 6.42. The highest BCUT2D eigenvalue weighted by Gasteiger charge is 2.15. The standard InChI is InChI=1S/C22H16F2N2O2S/c1-13-12-26-19(7-8-20(27)15-9-16(23)11-17(24)10-15)21(25-22(26)29-13)14-3-5-18(28-2)6-4-14/h3-12H,1-2H3/b8-7+. The van der Waals surface area contributed by atoms with Crippen LogP contribution < -0.4 is 4.74 Å². The van der Waals surface area contributed by atoms with Crippen LogP contribution in [0.3, 0.4) is 0 Å². The van der Waals surface area contributed by atoms with E-state index >= 15 is 0 Å². The molecular formula is C22H16F2N2O2S. The number of fused-ring (bicyclic) bond motifs is 1. The number of aryl methyl sites for hydroxylation is 1. The van der Waals surface area contributed by atoms with E-state index in [9.17, 15) is 13.6 Å². The van der Waals surface area contributed by atoms with Crippen LogP contribution in [0.4, 0.5) is 8.78 Å². The molecule has 2 aromatic carbocycles. The fourth-order valence-corrected chi connectivity index (χ4v) is 3.87. The van der Waals surface area contributed by atoms with Crippen molar-refractivity contribution < 1.29 is 18.3 Å². The van der Waals surface area contributed by atoms with Crippen molar-refractivity contribution in [2.45, 2.75) is 6.92 Å². The van der Waals surface area contributed by atoms with Gasteiger partial charge in [-0.1, -0.05) is 0 Å². The van der Waals surface area contributed by atoms with E-state index in [4.69, 9.17) is 9.72 Å². The van der Waals surface area contributed by atoms with Gasteiger partial charge in [-0.25, -0.2) is 13.8 Å². The van der Waals surface area contributed by atoms with Crippen molar-refractivity contribution in [2.24, 2.45) is 0 Å². The third kappa shape index (κ3) is 3.82. The number of methoxy groups -OCH3 is 1. The summed E-state index contributed by atoms with van der Waals surface area (Å²) < 4.78 is 33.9. The van der Waals surface area contributed by atoms with E-state index in [-0.39, 0.29) is 5.56 Å². The van der Waals surface area contributed by atoms with E-state index in [0.717, 1.165) is 39.4 Å². The molecule has 0 aliphatic rings. The van der Waals surface area contributed by atoms with Gasteiger partial charge in [0, 0.05) is 28.3 Å². The Morgan fingerprint density at radius 1 is 1.14 bits per heavy atom. The Labute approximate surface area is 169 Å². The summed E-state index contributed by atoms with van der Waals surface area (Å²) in [4.78, 5) is 19.0. The highest BCUT2D eigenvalue weighted by molar-refractivity contribution is 7.17. The molecule has 0 fully saturated rings. The van der Waals surface area contributed by atoms with E-state index in [1.807, 2.05) is 41.8 Å². The number of ketones is 1. The lowest BCUT2D eigenvalue weighted by atomic mass is 10.1. The van der Waals surface area contributed by atoms with E-state index in [1.165, 1.54) is 17.4 Å². The summed E-state index contributed by atoms with van der Waals surface area (Å²) >= 11 is 1.53. The molecule has 0 saturated carbocycles. The van der Waals surface area contributed by atoms with Crippen molar-refractivity contribution >= 4 is 28.2 Å². The molecule has 0 aliphatic heterocycles. The minimum absolute atomic E-state index is 0.0491. The van der Waals surface area contributed by atoms with Crippen molar-refractivity contribution in [3.05, 3.63) is 82.5 Å². The van der Waals surface area contributed by atoms with Crippen LogP contribution in [-0.2, 0) is 0 Å². The van der Waals surface area contributed by atoms with Gasteiger partial charge in [0.15, 0.2) is 10.7 Å². The molecule has 0 radical (unpaired) electrons. The molecule has 2 heterocycles. The van der Waals surface area contributed by atoms with Crippen LogP contribution in [0.2, 0.25) is 0 Å². The lowest BCUT2D eigenvalue weighted by Gasteiger charge is -2.03. The van der Waals surface area contributed by atoms with Gasteiger partial charge in [-0.15, -0.1) is 11.3 Å². The summed E-state index contributed by atoms with van der Waals surface area (Å²) in [7, 11) is 1.60. The molecule has 29 heavy (non-hydrogen) atoms. The van der Waals surface area contributed by atoms with Crippen LogP contribution in [0.15, 0.2) is 54.7 Å². The van der Waals surface area contributed by atoms with Gasteiger partial charge in [0.2, 0.25) is 0 Å². The molecule has 146 valence electrons. The number of halogens is 2. The molecule has 4 rings (SSSR count). The number of imidazole rings is 1. The van der Waals surface area contributed by atoms with Crippen LogP contribution in [0.5, 0.6) is 5.75 Å². The molecule has 0 unspecified atom stereocenters. The molecule has 0 saturated heterocycles. The molecular weight excluding hydrogens is 394 g/mol. The molecule has 2 aromatic heterocycles. The van der Waals surface area contributed by atoms with E-state index < -0.39 is 17.4 Å². The minimum Gasteiger partial charge on any atom is -0.497 e. The summed E-state index contributed by atoms with van der Waals surface area (Å²) in [6, 6.07) is 10.2. The SMILES string of the molecule is COc1ccc(-c2nc3sc(C)cn3c2/C=C/C(=O)c2cc(F)cc(F)c2)cc1. The van der Waals surface area contributed by atoms with Crippen molar-refractivity contribution in [3.63, 3.8) is 0 Å². The number of aromatic nitrogens is 2. The third-order valence-corrected chi connectivity index (χ3v) is 5.28. The summed E-state index contributed by atoms with van der Waals surface area (Å²) in [6.07, 6.45) is 4.86. The Morgan fingerprint density at radius 2 is 1.83 bits per heavy atom. The third-order valence-electron chi connectivity index (χ3n) is 4.38. The fourth-order valence-electron chi connectivity index (χ4n) is 3.04. The first kappa shape index (κ1) is 19.0. The topological polar surface area (TPSA) is 43.6 Å². The number of carbonyl (C=O) groups is 1. The molecule has 0 N–H and O–H groups in total. The van der Waals surface area contributed by atoms with E-state index in [2.05, 4.69) is 0 Å². The summed E-state index contributed by atoms with van der Waals surface area (Å²) in [5.41, 5.74) is 2.23. The number of hydrogen-bond donors (Lipinski definition) is 0. The molecule has 4 nitrogen and oxygen atoms in total. The normalized spacial score (nSPS) is 11.4. The van der Waals surface area contributed by atoms with Gasteiger partial charge in [0.1, 0.15) is 17.4 Å². The van der Waals surface area contributed by atoms with Gasteiger partial charge >= 0.3 is 0 Å². The number of ether oxygens (including phenoxy) is 1. The maximum Gasteiger partial charge on any atom is 0.194 e. The molecule has 0 bridgehead atoms. The number of carbonyl (C=O) groups excluding carboxylic acids is 1. The summed E-state index contributed by atoms with van der Waals surface area (Å²) in [6.45, 7) is 1.97. The number of rotatable bonds is 5. The van der Waals surface area contributed by atoms with E-state index in [1.54, 1.807) is 13.2 Å². The Balaban J connectivity index is 1.76. The van der Waals surface area contributed by atoms with Crippen molar-refractivity contribution in [3.8, 4) is 17.0 Å². The highest BCUT2D eigenvalue weighted by atomic mass is 32.1. The predicted octanol–water partition coefficient (Wildman–Crippen LogP) is 5.55. The molecule has 7 heteroatoms. The number of thiazole rings is 1. The Bertz CT molecular complexity index is 1220. The Kier molecular flexibility index (Phi) is 4.98. The van der Waals surface area contributed by atoms with Crippen molar-refractivity contribution in [2.75, 3.05) is 7.11 Å². The number of nitrogens with zero attached hydrogens (tertiary/aromatic N) is 2. The predicted molar refractivity (Wildman–Crippen MR) is 110 cm³/mol. The zero-order valence-corrected chi connectivity index (χ0v) is 16.5. The Hall–Kier alpha value is -3.32. The van der Waals surface area contributed by atoms with Gasteiger partial charge in [-0.3, -0.25) is 9.20 Å². The fraction of sp³-hybridized carbons (Fsp3) is 0.0909. The molecule has 4 aromatic rings. The van der Waals surface area contributed by atoms with Crippen molar-refractivity contribution in [1.82, 2.24) is 9.38 Å². The lowest BCUT2D eigenvalue weighted by Crippen LogP contribution is -1.97. The molecule has 0 spiro atoms. The molecule has 0 amide bonds. The number of allylic oxidation sites excluding steroid dienone is 1. The van der Waals surface area contributed by atoms with Crippen molar-refractivity contribution in [1.29, 1.82) is 0 Å². The Morgan fingerprint density at radius 3 is 2.48 bits per heavy atom. The van der Waals surface area contributed by atoms with Gasteiger partial charge in [0.05, 0.1) is 18.5 Å². The van der Waals surface area contributed by atoms with Crippen LogP contribution in [-0.4, -0.2) is 22.3 Å². The van der Waals surface area contributed by atoms with Crippen LogP contribution in [0, 0.1) is 18.6 Å². The summed E-state index contributed by atoms with van der Waals surface area (Å²) in [5.74, 6) is -1.35. The second-order valence-corrected chi connectivity index (χ2v) is 7.64. The summed E-state index contributed by atoms with van der Waals surface area (Å²) in [5, 5.41) is 0. The van der Waals surface area contributed by atoms with Gasteiger partial charge < -0.3 is 4.74 Å². The zero-order chi connectivity index (χ0) is 20.5. The largest absolute Gasteiger partial charge is 0.497 e. The first-order valence-corrected chi connectivity index (χ1v) is 9.57. The van der Waals surface area contributed by atoms with Crippen LogP contribution >= 0.6 is 11.3 Å². The zero-order valence-electron chi connectivity index (χ0n) is 15.6. The number of benzene rings is 2. The van der Waals surface area contributed by atoms with E-state index in [0.29, 0.717) is 11.4 Å². The smallest absolute Gasteiger partial charge is 0.194 e. The second kappa shape index (κ2) is 7.60. The maximum atomic E-state index is 13.4. The average Bonchev–Trinajstić information content (AvgIpc) is 3.21. The first-order chi connectivity index (χ1) is 13.9. The van der Waals surface area contributed by atoms with Gasteiger partial charge in [-0.05, 0) is 55.5 Å². The first-order valence-electron chi connectivity index (χ1n) is 8.76. The number of hydrogen-bond acceptors (Lipinski definition) is 4. The molecule has 0 aliphatic carbocycles. The minimum atomic E-state index is -0.791. The highest BCUT2D eigenvalue weighted by Crippen LogP contribution is 2.30. The van der Waals surface area contributed by atoms with Gasteiger partial charge in [0.25, 0.3) is 0 Å². The van der Waals surface area contributed by atoms with Crippen LogP contribution in [0.25, 0.3) is 22.3 Å². The van der Waals surface area contributed by atoms with Gasteiger partial charge in [-0.2, -0.15) is 0 Å².